The number of benzene rings is 2. The smallest absolute Gasteiger partial charge is 0.260 e. The van der Waals surface area contributed by atoms with Crippen molar-refractivity contribution in [2.75, 3.05) is 0 Å². The first-order valence-electron chi connectivity index (χ1n) is 7.89. The molecule has 0 bridgehead atoms. The second-order valence-electron chi connectivity index (χ2n) is 6.00. The zero-order chi connectivity index (χ0) is 17.6. The van der Waals surface area contributed by atoms with Crippen LogP contribution in [0.5, 0.6) is 0 Å². The van der Waals surface area contributed by atoms with Crippen molar-refractivity contribution in [2.24, 2.45) is 0 Å². The van der Waals surface area contributed by atoms with Gasteiger partial charge in [-0.3, -0.25) is 4.79 Å². The van der Waals surface area contributed by atoms with E-state index in [4.69, 9.17) is 0 Å². The highest BCUT2D eigenvalue weighted by Gasteiger charge is 2.17. The van der Waals surface area contributed by atoms with Crippen LogP contribution in [0, 0.1) is 19.7 Å². The van der Waals surface area contributed by atoms with E-state index in [0.717, 1.165) is 27.1 Å². The molecule has 5 heteroatoms. The van der Waals surface area contributed by atoms with Gasteiger partial charge in [0.15, 0.2) is 0 Å². The van der Waals surface area contributed by atoms with E-state index in [0.29, 0.717) is 16.0 Å². The lowest BCUT2D eigenvalue weighted by Crippen LogP contribution is -2.09. The Morgan fingerprint density at radius 1 is 1.04 bits per heavy atom. The van der Waals surface area contributed by atoms with Crippen molar-refractivity contribution >= 4 is 21.6 Å². The first-order chi connectivity index (χ1) is 12.0. The number of H-pyrrole nitrogens is 1. The summed E-state index contributed by atoms with van der Waals surface area (Å²) in [4.78, 5) is 22.0. The molecule has 1 N–H and O–H groups in total. The molecule has 0 saturated carbocycles. The molecule has 0 spiro atoms. The van der Waals surface area contributed by atoms with Crippen molar-refractivity contribution in [3.8, 4) is 22.5 Å². The highest BCUT2D eigenvalue weighted by Crippen LogP contribution is 2.36. The Morgan fingerprint density at radius 2 is 1.80 bits per heavy atom. The third-order valence-electron chi connectivity index (χ3n) is 4.16. The fourth-order valence-electron chi connectivity index (χ4n) is 3.01. The second-order valence-corrected chi connectivity index (χ2v) is 7.21. The number of aromatic amines is 1. The Balaban J connectivity index is 1.95. The minimum Gasteiger partial charge on any atom is -0.306 e. The lowest BCUT2D eigenvalue weighted by molar-refractivity contribution is 0.628. The average molecular weight is 350 g/mol. The third-order valence-corrected chi connectivity index (χ3v) is 5.16. The summed E-state index contributed by atoms with van der Waals surface area (Å²) < 4.78 is 13.2. The van der Waals surface area contributed by atoms with Crippen LogP contribution < -0.4 is 5.56 Å². The summed E-state index contributed by atoms with van der Waals surface area (Å²) in [7, 11) is 0. The molecule has 2 aromatic carbocycles. The first-order valence-corrected chi connectivity index (χ1v) is 8.71. The van der Waals surface area contributed by atoms with Gasteiger partial charge in [0, 0.05) is 16.0 Å². The van der Waals surface area contributed by atoms with Crippen molar-refractivity contribution in [3.63, 3.8) is 0 Å². The molecule has 4 aromatic rings. The summed E-state index contributed by atoms with van der Waals surface area (Å²) in [5.74, 6) is 0.266. The van der Waals surface area contributed by atoms with E-state index < -0.39 is 0 Å². The number of fused-ring (bicyclic) bond motifs is 1. The van der Waals surface area contributed by atoms with E-state index >= 15 is 0 Å². The van der Waals surface area contributed by atoms with Crippen molar-refractivity contribution < 1.29 is 4.39 Å². The molecule has 0 amide bonds. The molecular weight excluding hydrogens is 335 g/mol. The third kappa shape index (κ3) is 2.76. The lowest BCUT2D eigenvalue weighted by atomic mass is 10.0. The van der Waals surface area contributed by atoms with E-state index in [1.165, 1.54) is 23.5 Å². The van der Waals surface area contributed by atoms with Crippen LogP contribution in [0.4, 0.5) is 4.39 Å². The molecule has 0 saturated heterocycles. The highest BCUT2D eigenvalue weighted by molar-refractivity contribution is 7.19. The number of thiophene rings is 1. The zero-order valence-corrected chi connectivity index (χ0v) is 14.6. The molecule has 0 unspecified atom stereocenters. The fraction of sp³-hybridized carbons (Fsp3) is 0.100. The number of hydrogen-bond donors (Lipinski definition) is 1. The maximum atomic E-state index is 13.2. The number of rotatable bonds is 2. The topological polar surface area (TPSA) is 45.8 Å². The summed E-state index contributed by atoms with van der Waals surface area (Å²) in [6.07, 6.45) is 0. The average Bonchev–Trinajstić information content (AvgIpc) is 2.92. The minimum atomic E-state index is -0.297. The van der Waals surface area contributed by atoms with E-state index in [2.05, 4.69) is 9.97 Å². The van der Waals surface area contributed by atoms with Gasteiger partial charge in [-0.15, -0.1) is 11.3 Å². The van der Waals surface area contributed by atoms with Crippen molar-refractivity contribution in [2.45, 2.75) is 13.8 Å². The van der Waals surface area contributed by atoms with Gasteiger partial charge in [-0.25, -0.2) is 9.37 Å². The number of halogens is 1. The maximum absolute atomic E-state index is 13.2. The number of aromatic nitrogens is 2. The van der Waals surface area contributed by atoms with Gasteiger partial charge in [0.2, 0.25) is 0 Å². The molecule has 0 radical (unpaired) electrons. The SMILES string of the molecule is Cc1cccc(-c2nc3sc(C)c(-c4ccc(F)cc4)c3c(=O)[nH]2)c1. The number of nitrogens with zero attached hydrogens (tertiary/aromatic N) is 1. The molecule has 0 atom stereocenters. The predicted molar refractivity (Wildman–Crippen MR) is 101 cm³/mol. The van der Waals surface area contributed by atoms with Crippen LogP contribution in [0.2, 0.25) is 0 Å². The molecule has 124 valence electrons. The monoisotopic (exact) mass is 350 g/mol. The van der Waals surface area contributed by atoms with Gasteiger partial charge < -0.3 is 4.98 Å². The lowest BCUT2D eigenvalue weighted by Gasteiger charge is -2.04. The van der Waals surface area contributed by atoms with Crippen molar-refractivity contribution in [3.05, 3.63) is 75.1 Å². The van der Waals surface area contributed by atoms with Gasteiger partial charge in [-0.2, -0.15) is 0 Å². The Morgan fingerprint density at radius 3 is 2.52 bits per heavy atom. The van der Waals surface area contributed by atoms with E-state index in [1.807, 2.05) is 38.1 Å². The first kappa shape index (κ1) is 15.7. The predicted octanol–water partition coefficient (Wildman–Crippen LogP) is 5.07. The zero-order valence-electron chi connectivity index (χ0n) is 13.8. The molecule has 0 fully saturated rings. The molecule has 0 aliphatic rings. The van der Waals surface area contributed by atoms with Gasteiger partial charge >= 0.3 is 0 Å². The standard InChI is InChI=1S/C20H15FN2OS/c1-11-4-3-5-14(10-11)18-22-19(24)17-16(12(2)25-20(17)23-18)13-6-8-15(21)9-7-13/h3-10H,1-2H3,(H,22,23,24). The number of aryl methyl sites for hydroxylation is 2. The molecule has 25 heavy (non-hydrogen) atoms. The molecule has 2 aromatic heterocycles. The Kier molecular flexibility index (Phi) is 3.73. The molecule has 2 heterocycles. The second kappa shape index (κ2) is 5.93. The number of hydrogen-bond acceptors (Lipinski definition) is 3. The summed E-state index contributed by atoms with van der Waals surface area (Å²) in [5, 5.41) is 0.561. The van der Waals surface area contributed by atoms with Crippen LogP contribution in [0.15, 0.2) is 53.3 Å². The van der Waals surface area contributed by atoms with Crippen LogP contribution in [-0.2, 0) is 0 Å². The van der Waals surface area contributed by atoms with E-state index in [-0.39, 0.29) is 11.4 Å². The van der Waals surface area contributed by atoms with Crippen LogP contribution in [0.1, 0.15) is 10.4 Å². The molecule has 4 rings (SSSR count). The van der Waals surface area contributed by atoms with Crippen LogP contribution in [0.25, 0.3) is 32.7 Å². The highest BCUT2D eigenvalue weighted by atomic mass is 32.1. The molecule has 0 aliphatic carbocycles. The summed E-state index contributed by atoms with van der Waals surface area (Å²) in [6.45, 7) is 3.96. The van der Waals surface area contributed by atoms with Gasteiger partial charge in [0.05, 0.1) is 5.39 Å². The van der Waals surface area contributed by atoms with E-state index in [9.17, 15) is 9.18 Å². The van der Waals surface area contributed by atoms with Crippen LogP contribution in [0.3, 0.4) is 0 Å². The summed E-state index contributed by atoms with van der Waals surface area (Å²) in [5.41, 5.74) is 3.46. The fourth-order valence-corrected chi connectivity index (χ4v) is 4.06. The molecular formula is C20H15FN2OS. The minimum absolute atomic E-state index is 0.176. The van der Waals surface area contributed by atoms with Gasteiger partial charge in [-0.05, 0) is 37.6 Å². The van der Waals surface area contributed by atoms with Gasteiger partial charge in [-0.1, -0.05) is 35.9 Å². The van der Waals surface area contributed by atoms with Gasteiger partial charge in [0.25, 0.3) is 5.56 Å². The van der Waals surface area contributed by atoms with Crippen LogP contribution >= 0.6 is 11.3 Å². The van der Waals surface area contributed by atoms with Gasteiger partial charge in [0.1, 0.15) is 16.5 Å². The van der Waals surface area contributed by atoms with Crippen molar-refractivity contribution in [1.82, 2.24) is 9.97 Å². The maximum Gasteiger partial charge on any atom is 0.260 e. The Labute approximate surface area is 147 Å². The normalized spacial score (nSPS) is 11.2. The summed E-state index contributed by atoms with van der Waals surface area (Å²) >= 11 is 1.48. The van der Waals surface area contributed by atoms with Crippen LogP contribution in [-0.4, -0.2) is 9.97 Å². The number of nitrogens with one attached hydrogen (secondary N) is 1. The Bertz CT molecular complexity index is 1140. The van der Waals surface area contributed by atoms with E-state index in [1.54, 1.807) is 12.1 Å². The van der Waals surface area contributed by atoms with Crippen molar-refractivity contribution in [1.29, 1.82) is 0 Å². The Hall–Kier alpha value is -2.79. The quantitative estimate of drug-likeness (QED) is 0.548. The largest absolute Gasteiger partial charge is 0.306 e. The molecule has 0 aliphatic heterocycles. The molecule has 3 nitrogen and oxygen atoms in total. The summed E-state index contributed by atoms with van der Waals surface area (Å²) in [6, 6.07) is 14.1.